The van der Waals surface area contributed by atoms with Gasteiger partial charge in [-0.05, 0) is 165 Å². The summed E-state index contributed by atoms with van der Waals surface area (Å²) >= 11 is 0. The number of methoxy groups -OCH3 is 1. The number of hydrogen-bond acceptors (Lipinski definition) is 14. The number of aliphatic hydroxyl groups excluding tert-OH is 1. The quantitative estimate of drug-likeness (QED) is 0.0202. The van der Waals surface area contributed by atoms with Gasteiger partial charge < -0.3 is 70.4 Å². The number of fused-ring (bicyclic) bond motifs is 2. The molecule has 2 aromatic heterocycles. The molecule has 4 aliphatic rings. The van der Waals surface area contributed by atoms with Crippen LogP contribution in [0.5, 0.6) is 5.75 Å². The fraction of sp³-hybridized carbons (Fsp3) is 0.404. The Bertz CT molecular complexity index is 4790. The number of tetrazole rings is 1. The number of unbranched alkanes of at least 4 members (excludes halogenated alkanes) is 1. The number of likely N-dealkylation sites (N-methyl/N-ethyl adjacent to an activating group) is 1. The van der Waals surface area contributed by atoms with Crippen LogP contribution in [0.2, 0.25) is 0 Å². The van der Waals surface area contributed by atoms with Crippen molar-refractivity contribution >= 4 is 45.4 Å². The third-order valence-corrected chi connectivity index (χ3v) is 22.6. The van der Waals surface area contributed by atoms with Crippen molar-refractivity contribution in [3.63, 3.8) is 0 Å². The van der Waals surface area contributed by atoms with Crippen molar-refractivity contribution in [2.24, 2.45) is 17.3 Å². The molecule has 2 unspecified atom stereocenters. The number of carboxylic acid groups (broad SMARTS) is 1. The molecule has 0 spiro atoms. The zero-order valence-corrected chi connectivity index (χ0v) is 69.4. The van der Waals surface area contributed by atoms with Crippen LogP contribution in [0.25, 0.3) is 21.7 Å². The van der Waals surface area contributed by atoms with E-state index < -0.39 is 71.4 Å². The number of likely N-dealkylation sites (tertiary alicyclic amines) is 2. The second kappa shape index (κ2) is 41.6. The molecule has 7 N–H and O–H groups in total. The Morgan fingerprint density at radius 2 is 1.45 bits per heavy atom. The number of alkyl halides is 6. The van der Waals surface area contributed by atoms with Gasteiger partial charge in [-0.15, -0.1) is 0 Å². The minimum absolute atomic E-state index is 0. The maximum atomic E-state index is 14.3. The summed E-state index contributed by atoms with van der Waals surface area (Å²) in [6.45, 7) is 7.36. The molecule has 0 aliphatic carbocycles. The van der Waals surface area contributed by atoms with Crippen molar-refractivity contribution < 1.29 is 126 Å². The molecule has 14 rings (SSSR count). The van der Waals surface area contributed by atoms with E-state index in [0.717, 1.165) is 87.8 Å². The van der Waals surface area contributed by atoms with Crippen LogP contribution >= 0.6 is 0 Å². The Balaban J connectivity index is 0.000000196. The van der Waals surface area contributed by atoms with Gasteiger partial charge in [0, 0.05) is 80.3 Å². The summed E-state index contributed by atoms with van der Waals surface area (Å²) in [6, 6.07) is 60.0. The van der Waals surface area contributed by atoms with E-state index in [4.69, 9.17) is 14.2 Å². The molecule has 27 heteroatoms. The van der Waals surface area contributed by atoms with Crippen LogP contribution in [0, 0.1) is 17.3 Å². The fourth-order valence-corrected chi connectivity index (χ4v) is 16.7. The van der Waals surface area contributed by atoms with Crippen LogP contribution in [0.4, 0.5) is 26.3 Å². The van der Waals surface area contributed by atoms with Crippen LogP contribution < -0.4 is 88.0 Å². The molecule has 11 atom stereocenters. The van der Waals surface area contributed by atoms with Crippen LogP contribution in [0.1, 0.15) is 150 Å². The molecular formula is C89H102F6KN11O9. The van der Waals surface area contributed by atoms with Gasteiger partial charge in [-0.3, -0.25) is 24.7 Å². The summed E-state index contributed by atoms with van der Waals surface area (Å²) in [7, 11) is 3.48. The first-order valence-electron chi connectivity index (χ1n) is 39.3. The normalized spacial score (nSPS) is 21.3. The van der Waals surface area contributed by atoms with Gasteiger partial charge >= 0.3 is 63.7 Å². The first-order chi connectivity index (χ1) is 54.9. The van der Waals surface area contributed by atoms with Crippen LogP contribution in [-0.4, -0.2) is 137 Å². The van der Waals surface area contributed by atoms with Gasteiger partial charge in [0.05, 0.1) is 73.6 Å². The van der Waals surface area contributed by atoms with Gasteiger partial charge in [-0.1, -0.05) is 170 Å². The molecule has 0 radical (unpaired) electrons. The van der Waals surface area contributed by atoms with E-state index in [-0.39, 0.29) is 119 Å². The number of carboxylic acids is 1. The molecule has 4 aliphatic heterocycles. The number of ether oxygens (including phenoxy) is 3. The number of β-amino-alcohol motifs (C(OH)–C–C–N with tert-alkyl or cyclic N) is 1. The van der Waals surface area contributed by atoms with E-state index in [1.165, 1.54) is 42.2 Å². The monoisotopic (exact) mass is 1620 g/mol. The van der Waals surface area contributed by atoms with Crippen molar-refractivity contribution in [2.75, 3.05) is 53.5 Å². The van der Waals surface area contributed by atoms with E-state index >= 15 is 0 Å². The molecule has 8 aromatic carbocycles. The Hall–Kier alpha value is -8.71. The number of quaternary nitrogens is 1. The number of hydrogen-bond donors (Lipinski definition) is 5. The first-order valence-corrected chi connectivity index (χ1v) is 39.3. The smallest absolute Gasteiger partial charge is 0.549 e. The number of carbonyl (C=O) groups excluding carboxylic acids is 4. The Kier molecular flexibility index (Phi) is 32.1. The standard InChI is InChI=1S/C40H42N8O4.C29H33F6NO4.C20H25NO.K.H3N/c1-46(24-27-11-3-2-4-12-27)40(52)34(22-28-18-19-29-13-5-6-14-30(29)21-28)41-38(50)36-23-31(49)25-48(36)39(51)33-26-47(35-16-8-7-15-32(33)35)20-10-9-17-37-42-44-45-43-37;1-18(21-13-22(28(30,31)32)15-23(14-21)29(33,34)35)40-25-24(19-7-4-3-5-8-19)20(9-12-39-25)16-36-11-6-10-27(2,17-36)26(37)38;1-22-19-12-6-5-8-16(19)13-14-18-11-7-15-21-20(18)17-9-3-2-4-10-17;;/h2-8,11-16,18-19,21,26,31,34,36,49H,9-10,17,20,22-25H2,1H3,(H2,41,42,43,44,45,50);3-5,7-8,13-15,18,20,24-25H,6,9-12,16-17H2,1-2H3,(H,37,38);2-6,8-10,12,18,20-21H,7,11,13-15H2,1H3;;1H3/q;;;+1;/p-1/t31-,34+,36-;18-,20+,24+,25?,27-;18-,20+;;/m111../s1. The largest absolute Gasteiger partial charge is 1.00 e. The summed E-state index contributed by atoms with van der Waals surface area (Å²) in [5, 5.41) is 47.1. The summed E-state index contributed by atoms with van der Waals surface area (Å²) in [4.78, 5) is 58.4. The average Bonchev–Trinajstić information content (AvgIpc) is 1.64. The number of para-hydroxylation sites is 2. The summed E-state index contributed by atoms with van der Waals surface area (Å²) in [6.07, 6.45) is -1.65. The molecule has 4 fully saturated rings. The number of aryl methyl sites for hydroxylation is 3. The molecule has 610 valence electrons. The van der Waals surface area contributed by atoms with E-state index in [2.05, 4.69) is 79.8 Å². The van der Waals surface area contributed by atoms with Gasteiger partial charge in [0.15, 0.2) is 6.29 Å². The zero-order valence-electron chi connectivity index (χ0n) is 66.3. The molecule has 10 aromatic rings. The third kappa shape index (κ3) is 23.4. The van der Waals surface area contributed by atoms with Crippen molar-refractivity contribution in [3.8, 4) is 5.75 Å². The summed E-state index contributed by atoms with van der Waals surface area (Å²) in [5.41, 5.74) is 2.83. The SMILES string of the molecule is CN(Cc1ccccc1)C(=O)[C@H](Cc1ccc2ccccc2c1)NC(=O)[C@H]1C[C@@H](O)CN1C(=O)c1cn(CCCCc2nnn[n-]2)c2ccccc12.COc1ccccc1CC[C@H]1CCCN[C@H]1c1ccccc1.C[C@@H](OC1OCC[C@@H](C[NH+]2CCC[C@@](C)(C(=O)[O-])C2)[C@@H]1c1ccccc1)c1cc(C(F)(F)F)cc(C(F)(F)F)c1.N.[K+]. The number of nitrogens with one attached hydrogen (secondary N) is 3. The fourth-order valence-electron chi connectivity index (χ4n) is 16.7. The number of piperidine rings is 2. The Morgan fingerprint density at radius 1 is 0.784 bits per heavy atom. The van der Waals surface area contributed by atoms with E-state index in [9.17, 15) is 55.7 Å². The second-order valence-corrected chi connectivity index (χ2v) is 30.8. The number of amides is 3. The first kappa shape index (κ1) is 89.6. The third-order valence-electron chi connectivity index (χ3n) is 22.6. The van der Waals surface area contributed by atoms with Gasteiger partial charge in [0.1, 0.15) is 17.8 Å². The average molecular weight is 1620 g/mol. The van der Waals surface area contributed by atoms with Crippen molar-refractivity contribution in [2.45, 2.75) is 159 Å². The maximum Gasteiger partial charge on any atom is 1.00 e. The Morgan fingerprint density at radius 3 is 2.14 bits per heavy atom. The predicted octanol–water partition coefficient (Wildman–Crippen LogP) is 9.84. The second-order valence-electron chi connectivity index (χ2n) is 30.8. The molecule has 20 nitrogen and oxygen atoms in total. The number of benzene rings is 8. The van der Waals surface area contributed by atoms with Gasteiger partial charge in [0.2, 0.25) is 11.8 Å². The summed E-state index contributed by atoms with van der Waals surface area (Å²) < 4.78 is 100. The molecule has 3 amide bonds. The van der Waals surface area contributed by atoms with Gasteiger partial charge in [-0.2, -0.15) is 31.6 Å². The van der Waals surface area contributed by atoms with Crippen LogP contribution in [0.15, 0.2) is 206 Å². The zero-order chi connectivity index (χ0) is 80.5. The van der Waals surface area contributed by atoms with Gasteiger partial charge in [-0.25, -0.2) is 0 Å². The van der Waals surface area contributed by atoms with Gasteiger partial charge in [0.25, 0.3) is 5.91 Å². The van der Waals surface area contributed by atoms with Crippen LogP contribution in [0.3, 0.4) is 0 Å². The minimum Gasteiger partial charge on any atom is -0.549 e. The number of halogens is 6. The van der Waals surface area contributed by atoms with Crippen molar-refractivity contribution in [1.82, 2.24) is 51.8 Å². The topological polar surface area (TPSA) is 267 Å². The Labute approximate surface area is 715 Å². The molecule has 6 heterocycles. The number of aliphatic hydroxyl groups is 1. The number of rotatable bonds is 25. The van der Waals surface area contributed by atoms with E-state index in [0.29, 0.717) is 80.9 Å². The molecular weight excluding hydrogens is 1520 g/mol. The predicted molar refractivity (Wildman–Crippen MR) is 423 cm³/mol. The molecule has 0 saturated carbocycles. The summed E-state index contributed by atoms with van der Waals surface area (Å²) in [5.74, 6) is -0.216. The molecule has 0 bridgehead atoms. The van der Waals surface area contributed by atoms with E-state index in [1.807, 2.05) is 144 Å². The molecule has 4 saturated heterocycles. The number of aliphatic carboxylic acids is 1. The minimum atomic E-state index is -4.97. The molecule has 116 heavy (non-hydrogen) atoms. The number of carbonyl (C=O) groups is 4. The van der Waals surface area contributed by atoms with Crippen molar-refractivity contribution in [3.05, 3.63) is 262 Å². The number of aromatic nitrogens is 5. The maximum absolute atomic E-state index is 14.3. The van der Waals surface area contributed by atoms with E-state index in [1.54, 1.807) is 26.0 Å². The van der Waals surface area contributed by atoms with Crippen LogP contribution in [-0.2, 0) is 68.6 Å². The van der Waals surface area contributed by atoms with Crippen molar-refractivity contribution in [1.29, 1.82) is 0 Å². The number of nitrogens with zero attached hydrogens (tertiary/aromatic N) is 7.